The molecule has 0 spiro atoms. The Hall–Kier alpha value is -0.820. The van der Waals surface area contributed by atoms with E-state index in [0.717, 1.165) is 0 Å². The quantitative estimate of drug-likeness (QED) is 0.704. The molecule has 1 aromatic carbocycles. The van der Waals surface area contributed by atoms with E-state index >= 15 is 0 Å². The summed E-state index contributed by atoms with van der Waals surface area (Å²) in [4.78, 5) is 2.59. The lowest BCUT2D eigenvalue weighted by molar-refractivity contribution is 0.334. The monoisotopic (exact) mass is 189 g/mol. The zero-order valence-corrected chi connectivity index (χ0v) is 8.78. The van der Waals surface area contributed by atoms with Crippen LogP contribution in [-0.2, 0) is 6.42 Å². The highest BCUT2D eigenvalue weighted by Gasteiger charge is 2.09. The number of hydrogen-bond acceptors (Lipinski definition) is 1. The predicted molar refractivity (Wildman–Crippen MR) is 60.4 cm³/mol. The van der Waals surface area contributed by atoms with Crippen molar-refractivity contribution in [3.05, 3.63) is 35.9 Å². The molecular formula is C13H19N. The molecule has 1 nitrogen and oxygen atoms in total. The molecule has 1 saturated heterocycles. The first-order valence-corrected chi connectivity index (χ1v) is 5.71. The number of nitrogens with zero attached hydrogens (tertiary/aromatic N) is 1. The third kappa shape index (κ3) is 2.85. The first kappa shape index (κ1) is 9.72. The van der Waals surface area contributed by atoms with Crippen LogP contribution in [0.15, 0.2) is 30.3 Å². The van der Waals surface area contributed by atoms with Crippen LogP contribution >= 0.6 is 0 Å². The molecule has 2 rings (SSSR count). The molecule has 1 aliphatic rings. The fraction of sp³-hybridized carbons (Fsp3) is 0.538. The molecule has 0 N–H and O–H groups in total. The lowest BCUT2D eigenvalue weighted by Gasteiger charge is -2.13. The van der Waals surface area contributed by atoms with Crippen molar-refractivity contribution >= 4 is 0 Å². The zero-order chi connectivity index (χ0) is 9.64. The van der Waals surface area contributed by atoms with Gasteiger partial charge in [-0.1, -0.05) is 30.3 Å². The lowest BCUT2D eigenvalue weighted by Crippen LogP contribution is -2.20. The molecule has 1 heterocycles. The Morgan fingerprint density at radius 2 is 1.71 bits per heavy atom. The van der Waals surface area contributed by atoms with Crippen LogP contribution in [0, 0.1) is 0 Å². The van der Waals surface area contributed by atoms with E-state index in [-0.39, 0.29) is 0 Å². The summed E-state index contributed by atoms with van der Waals surface area (Å²) in [5.74, 6) is 0. The summed E-state index contributed by atoms with van der Waals surface area (Å²) in [5, 5.41) is 0. The van der Waals surface area contributed by atoms with Gasteiger partial charge in [0.25, 0.3) is 0 Å². The molecule has 14 heavy (non-hydrogen) atoms. The van der Waals surface area contributed by atoms with Crippen LogP contribution < -0.4 is 0 Å². The summed E-state index contributed by atoms with van der Waals surface area (Å²) >= 11 is 0. The summed E-state index contributed by atoms with van der Waals surface area (Å²) in [7, 11) is 0. The van der Waals surface area contributed by atoms with Crippen LogP contribution in [0.4, 0.5) is 0 Å². The largest absolute Gasteiger partial charge is 0.303 e. The summed E-state index contributed by atoms with van der Waals surface area (Å²) in [5.41, 5.74) is 1.48. The van der Waals surface area contributed by atoms with Gasteiger partial charge in [-0.05, 0) is 50.9 Å². The molecule has 76 valence electrons. The van der Waals surface area contributed by atoms with Crippen molar-refractivity contribution in [3.8, 4) is 0 Å². The SMILES string of the molecule is c1ccc(CCCN2CCCC2)cc1. The molecule has 1 aromatic rings. The molecule has 0 aliphatic carbocycles. The van der Waals surface area contributed by atoms with E-state index in [1.807, 2.05) is 0 Å². The number of hydrogen-bond donors (Lipinski definition) is 0. The fourth-order valence-corrected chi connectivity index (χ4v) is 2.16. The van der Waals surface area contributed by atoms with Gasteiger partial charge in [0.1, 0.15) is 0 Å². The Morgan fingerprint density at radius 1 is 1.00 bits per heavy atom. The van der Waals surface area contributed by atoms with Gasteiger partial charge in [0.05, 0.1) is 0 Å². The second kappa shape index (κ2) is 5.16. The molecule has 0 amide bonds. The first-order chi connectivity index (χ1) is 6.95. The molecule has 1 aliphatic heterocycles. The zero-order valence-electron chi connectivity index (χ0n) is 8.78. The smallest absolute Gasteiger partial charge is 0.00156 e. The molecule has 1 heteroatoms. The highest BCUT2D eigenvalue weighted by Crippen LogP contribution is 2.09. The average Bonchev–Trinajstić information content (AvgIpc) is 2.72. The molecule has 0 aromatic heterocycles. The van der Waals surface area contributed by atoms with Gasteiger partial charge >= 0.3 is 0 Å². The van der Waals surface area contributed by atoms with Gasteiger partial charge in [-0.15, -0.1) is 0 Å². The summed E-state index contributed by atoms with van der Waals surface area (Å²) in [6, 6.07) is 10.8. The van der Waals surface area contributed by atoms with Crippen LogP contribution in [0.3, 0.4) is 0 Å². The van der Waals surface area contributed by atoms with E-state index in [4.69, 9.17) is 0 Å². The summed E-state index contributed by atoms with van der Waals surface area (Å²) in [6.45, 7) is 3.94. The minimum absolute atomic E-state index is 1.23. The second-order valence-corrected chi connectivity index (χ2v) is 4.14. The van der Waals surface area contributed by atoms with Crippen LogP contribution in [0.25, 0.3) is 0 Å². The topological polar surface area (TPSA) is 3.24 Å². The number of benzene rings is 1. The van der Waals surface area contributed by atoms with Crippen molar-refractivity contribution in [2.45, 2.75) is 25.7 Å². The standard InChI is InChI=1S/C13H19N/c1-2-7-13(8-3-1)9-6-12-14-10-4-5-11-14/h1-3,7-8H,4-6,9-12H2. The molecule has 0 unspecified atom stereocenters. The highest BCUT2D eigenvalue weighted by atomic mass is 15.1. The van der Waals surface area contributed by atoms with Crippen molar-refractivity contribution in [2.75, 3.05) is 19.6 Å². The average molecular weight is 189 g/mol. The Balaban J connectivity index is 1.67. The van der Waals surface area contributed by atoms with E-state index in [2.05, 4.69) is 35.2 Å². The van der Waals surface area contributed by atoms with Gasteiger partial charge in [-0.25, -0.2) is 0 Å². The molecule has 0 atom stereocenters. The van der Waals surface area contributed by atoms with Gasteiger partial charge in [0.2, 0.25) is 0 Å². The predicted octanol–water partition coefficient (Wildman–Crippen LogP) is 2.72. The molecule has 1 fully saturated rings. The van der Waals surface area contributed by atoms with Crippen molar-refractivity contribution in [3.63, 3.8) is 0 Å². The first-order valence-electron chi connectivity index (χ1n) is 5.71. The third-order valence-corrected chi connectivity index (χ3v) is 2.98. The summed E-state index contributed by atoms with van der Waals surface area (Å²) < 4.78 is 0. The van der Waals surface area contributed by atoms with E-state index in [1.165, 1.54) is 50.9 Å². The maximum atomic E-state index is 2.59. The maximum absolute atomic E-state index is 2.59. The number of aryl methyl sites for hydroxylation is 1. The Kier molecular flexibility index (Phi) is 3.58. The Morgan fingerprint density at radius 3 is 2.43 bits per heavy atom. The van der Waals surface area contributed by atoms with Gasteiger partial charge < -0.3 is 4.90 Å². The molecular weight excluding hydrogens is 170 g/mol. The molecule has 0 saturated carbocycles. The van der Waals surface area contributed by atoms with Gasteiger partial charge in [-0.3, -0.25) is 0 Å². The van der Waals surface area contributed by atoms with Gasteiger partial charge in [0, 0.05) is 0 Å². The van der Waals surface area contributed by atoms with E-state index in [1.54, 1.807) is 0 Å². The Labute approximate surface area is 86.7 Å². The summed E-state index contributed by atoms with van der Waals surface area (Å²) in [6.07, 6.45) is 5.36. The van der Waals surface area contributed by atoms with Gasteiger partial charge in [0.15, 0.2) is 0 Å². The van der Waals surface area contributed by atoms with E-state index in [9.17, 15) is 0 Å². The maximum Gasteiger partial charge on any atom is -0.00156 e. The van der Waals surface area contributed by atoms with Crippen molar-refractivity contribution < 1.29 is 0 Å². The van der Waals surface area contributed by atoms with Crippen LogP contribution in [0.5, 0.6) is 0 Å². The minimum Gasteiger partial charge on any atom is -0.303 e. The van der Waals surface area contributed by atoms with E-state index < -0.39 is 0 Å². The highest BCUT2D eigenvalue weighted by molar-refractivity contribution is 5.14. The van der Waals surface area contributed by atoms with Crippen molar-refractivity contribution in [2.24, 2.45) is 0 Å². The molecule has 0 radical (unpaired) electrons. The van der Waals surface area contributed by atoms with E-state index in [0.29, 0.717) is 0 Å². The van der Waals surface area contributed by atoms with Crippen LogP contribution in [0.1, 0.15) is 24.8 Å². The van der Waals surface area contributed by atoms with Crippen LogP contribution in [-0.4, -0.2) is 24.5 Å². The number of likely N-dealkylation sites (tertiary alicyclic amines) is 1. The van der Waals surface area contributed by atoms with Crippen molar-refractivity contribution in [1.82, 2.24) is 4.90 Å². The van der Waals surface area contributed by atoms with Crippen molar-refractivity contribution in [1.29, 1.82) is 0 Å². The normalized spacial score (nSPS) is 17.4. The third-order valence-electron chi connectivity index (χ3n) is 2.98. The van der Waals surface area contributed by atoms with Crippen LogP contribution in [0.2, 0.25) is 0 Å². The number of rotatable bonds is 4. The van der Waals surface area contributed by atoms with Gasteiger partial charge in [-0.2, -0.15) is 0 Å². The molecule has 0 bridgehead atoms. The lowest BCUT2D eigenvalue weighted by atomic mass is 10.1. The fourth-order valence-electron chi connectivity index (χ4n) is 2.16. The Bertz CT molecular complexity index is 249. The second-order valence-electron chi connectivity index (χ2n) is 4.14. The minimum atomic E-state index is 1.23.